The van der Waals surface area contributed by atoms with E-state index in [9.17, 15) is 0 Å². The molecule has 1 N–H and O–H groups in total. The molecule has 0 aromatic rings. The molecule has 1 aliphatic rings. The van der Waals surface area contributed by atoms with Crippen molar-refractivity contribution in [3.8, 4) is 0 Å². The van der Waals surface area contributed by atoms with Gasteiger partial charge in [-0.3, -0.25) is 0 Å². The van der Waals surface area contributed by atoms with Gasteiger partial charge in [0.15, 0.2) is 0 Å². The van der Waals surface area contributed by atoms with Crippen molar-refractivity contribution in [3.05, 3.63) is 0 Å². The van der Waals surface area contributed by atoms with E-state index in [0.29, 0.717) is 11.0 Å². The zero-order chi connectivity index (χ0) is 9.84. The number of oxime groups is 1. The second-order valence-electron chi connectivity index (χ2n) is 4.24. The van der Waals surface area contributed by atoms with Gasteiger partial charge in [-0.2, -0.15) is 0 Å². The molecule has 1 aliphatic carbocycles. The van der Waals surface area contributed by atoms with Gasteiger partial charge < -0.3 is 5.21 Å². The van der Waals surface area contributed by atoms with Gasteiger partial charge in [-0.15, -0.1) is 0 Å². The van der Waals surface area contributed by atoms with E-state index in [4.69, 9.17) is 16.8 Å². The smallest absolute Gasteiger partial charge is 0.148 e. The van der Waals surface area contributed by atoms with Crippen LogP contribution in [-0.2, 0) is 0 Å². The monoisotopic (exact) mass is 201 g/mol. The van der Waals surface area contributed by atoms with Crippen LogP contribution in [0.2, 0.25) is 5.82 Å². The van der Waals surface area contributed by atoms with Gasteiger partial charge in [-0.1, -0.05) is 42.3 Å². The Hall–Kier alpha value is -0.175. The van der Waals surface area contributed by atoms with Gasteiger partial charge in [0, 0.05) is 5.92 Å². The maximum atomic E-state index is 8.59. The molecule has 2 nitrogen and oxygen atoms in total. The maximum absolute atomic E-state index is 8.59. The molecule has 0 aromatic heterocycles. The molecule has 0 bridgehead atoms. The van der Waals surface area contributed by atoms with Crippen molar-refractivity contribution in [1.82, 2.24) is 0 Å². The molecule has 1 fully saturated rings. The third kappa shape index (κ3) is 2.90. The fourth-order valence-corrected chi connectivity index (χ4v) is 2.27. The molecule has 0 aliphatic heterocycles. The Morgan fingerprint density at radius 3 is 2.85 bits per heavy atom. The van der Waals surface area contributed by atoms with Crippen LogP contribution in [0.15, 0.2) is 5.16 Å². The van der Waals surface area contributed by atoms with Crippen molar-refractivity contribution in [2.45, 2.75) is 38.4 Å². The van der Waals surface area contributed by atoms with E-state index < -0.39 is 0 Å². The number of halogens is 1. The molecule has 0 aromatic carbocycles. The first-order valence-electron chi connectivity index (χ1n) is 5.02. The van der Waals surface area contributed by atoms with E-state index >= 15 is 0 Å². The number of nitrogens with zero attached hydrogens (tertiary/aromatic N) is 1. The van der Waals surface area contributed by atoms with Crippen molar-refractivity contribution in [1.29, 1.82) is 0 Å². The molecule has 1 rings (SSSR count). The van der Waals surface area contributed by atoms with Gasteiger partial charge in [0.1, 0.15) is 13.0 Å². The predicted octanol–water partition coefficient (Wildman–Crippen LogP) is 2.26. The standard InChI is InChI=1S/C9H17BClNO/c1-6-3-2-4-7(5-8(6)10)9(11)12-13/h6-8,13H,2-5,10H2,1H3/b12-9-. The highest BCUT2D eigenvalue weighted by atomic mass is 35.5. The summed E-state index contributed by atoms with van der Waals surface area (Å²) < 4.78 is 0. The van der Waals surface area contributed by atoms with Gasteiger partial charge >= 0.3 is 0 Å². The molecule has 0 spiro atoms. The molecule has 3 unspecified atom stereocenters. The lowest BCUT2D eigenvalue weighted by molar-refractivity contribution is 0.315. The second-order valence-corrected chi connectivity index (χ2v) is 4.63. The van der Waals surface area contributed by atoms with E-state index in [1.807, 2.05) is 0 Å². The highest BCUT2D eigenvalue weighted by molar-refractivity contribution is 6.65. The SMILES string of the molecule is BC1CC(/C(Cl)=N/O)CCCC1C. The highest BCUT2D eigenvalue weighted by Gasteiger charge is 2.24. The average Bonchev–Trinajstić information content (AvgIpc) is 2.28. The van der Waals surface area contributed by atoms with Crippen LogP contribution in [0.25, 0.3) is 0 Å². The largest absolute Gasteiger partial charge is 0.410 e. The van der Waals surface area contributed by atoms with E-state index in [-0.39, 0.29) is 5.92 Å². The minimum atomic E-state index is 0.284. The number of rotatable bonds is 1. The molecule has 0 saturated heterocycles. The van der Waals surface area contributed by atoms with Gasteiger partial charge in [0.25, 0.3) is 0 Å². The summed E-state index contributed by atoms with van der Waals surface area (Å²) in [6.45, 7) is 2.29. The molecule has 3 atom stereocenters. The Bertz CT molecular complexity index is 198. The lowest BCUT2D eigenvalue weighted by Gasteiger charge is -2.18. The molecule has 0 radical (unpaired) electrons. The quantitative estimate of drug-likeness (QED) is 0.228. The number of hydrogen-bond acceptors (Lipinski definition) is 2. The second kappa shape index (κ2) is 4.89. The van der Waals surface area contributed by atoms with Crippen LogP contribution in [0, 0.1) is 11.8 Å². The Kier molecular flexibility index (Phi) is 4.11. The van der Waals surface area contributed by atoms with Crippen LogP contribution >= 0.6 is 11.6 Å². The van der Waals surface area contributed by atoms with Crippen LogP contribution in [0.1, 0.15) is 32.6 Å². The van der Waals surface area contributed by atoms with Crippen LogP contribution < -0.4 is 0 Å². The summed E-state index contributed by atoms with van der Waals surface area (Å²) in [5.74, 6) is 1.74. The maximum Gasteiger partial charge on any atom is 0.148 e. The molecule has 0 heterocycles. The third-order valence-corrected chi connectivity index (χ3v) is 3.66. The summed E-state index contributed by atoms with van der Waals surface area (Å²) in [5.41, 5.74) is 0. The van der Waals surface area contributed by atoms with Gasteiger partial charge in [0.2, 0.25) is 0 Å². The third-order valence-electron chi connectivity index (χ3n) is 3.27. The lowest BCUT2D eigenvalue weighted by atomic mass is 9.73. The minimum absolute atomic E-state index is 0.284. The van der Waals surface area contributed by atoms with Gasteiger partial charge in [0.05, 0.1) is 0 Å². The molecular formula is C9H17BClNO. The van der Waals surface area contributed by atoms with Crippen LogP contribution in [0.5, 0.6) is 0 Å². The highest BCUT2D eigenvalue weighted by Crippen LogP contribution is 2.35. The topological polar surface area (TPSA) is 32.6 Å². The first-order chi connectivity index (χ1) is 6.15. The summed E-state index contributed by atoms with van der Waals surface area (Å²) in [4.78, 5) is 0. The van der Waals surface area contributed by atoms with Crippen molar-refractivity contribution in [3.63, 3.8) is 0 Å². The van der Waals surface area contributed by atoms with E-state index in [1.165, 1.54) is 12.8 Å². The normalized spacial score (nSPS) is 37.1. The Balaban J connectivity index is 2.59. The fourth-order valence-electron chi connectivity index (χ4n) is 2.07. The van der Waals surface area contributed by atoms with Crippen LogP contribution in [-0.4, -0.2) is 18.2 Å². The molecule has 74 valence electrons. The van der Waals surface area contributed by atoms with Crippen molar-refractivity contribution < 1.29 is 5.21 Å². The van der Waals surface area contributed by atoms with Crippen LogP contribution in [0.3, 0.4) is 0 Å². The van der Waals surface area contributed by atoms with E-state index in [1.54, 1.807) is 0 Å². The summed E-state index contributed by atoms with van der Waals surface area (Å²) in [7, 11) is 2.25. The fraction of sp³-hybridized carbons (Fsp3) is 0.889. The Morgan fingerprint density at radius 2 is 2.23 bits per heavy atom. The van der Waals surface area contributed by atoms with Crippen molar-refractivity contribution in [2.24, 2.45) is 17.0 Å². The Labute approximate surface area is 85.8 Å². The molecule has 1 saturated carbocycles. The van der Waals surface area contributed by atoms with Gasteiger partial charge in [-0.25, -0.2) is 0 Å². The van der Waals surface area contributed by atoms with E-state index in [2.05, 4.69) is 19.9 Å². The summed E-state index contributed by atoms with van der Waals surface area (Å²) in [6.07, 6.45) is 4.59. The summed E-state index contributed by atoms with van der Waals surface area (Å²) in [6, 6.07) is 0. The average molecular weight is 202 g/mol. The number of hydrogen-bond donors (Lipinski definition) is 1. The first-order valence-corrected chi connectivity index (χ1v) is 5.40. The van der Waals surface area contributed by atoms with E-state index in [0.717, 1.165) is 18.8 Å². The van der Waals surface area contributed by atoms with Crippen molar-refractivity contribution in [2.75, 3.05) is 0 Å². The zero-order valence-electron chi connectivity index (χ0n) is 8.33. The summed E-state index contributed by atoms with van der Waals surface area (Å²) >= 11 is 5.83. The molecule has 0 amide bonds. The Morgan fingerprint density at radius 1 is 1.54 bits per heavy atom. The predicted molar refractivity (Wildman–Crippen MR) is 58.5 cm³/mol. The lowest BCUT2D eigenvalue weighted by Crippen LogP contribution is -2.12. The van der Waals surface area contributed by atoms with Crippen molar-refractivity contribution >= 4 is 24.6 Å². The first kappa shape index (κ1) is 10.9. The molecule has 13 heavy (non-hydrogen) atoms. The summed E-state index contributed by atoms with van der Waals surface area (Å²) in [5, 5.41) is 12.1. The van der Waals surface area contributed by atoms with Crippen LogP contribution in [0.4, 0.5) is 0 Å². The molecule has 4 heteroatoms. The minimum Gasteiger partial charge on any atom is -0.410 e. The van der Waals surface area contributed by atoms with Gasteiger partial charge in [-0.05, 0) is 18.8 Å². The zero-order valence-corrected chi connectivity index (χ0v) is 9.09. The molecular weight excluding hydrogens is 184 g/mol.